The molecule has 0 saturated carbocycles. The summed E-state index contributed by atoms with van der Waals surface area (Å²) in [4.78, 5) is 4.55. The summed E-state index contributed by atoms with van der Waals surface area (Å²) >= 11 is 6.33. The van der Waals surface area contributed by atoms with Crippen LogP contribution >= 0.6 is 11.6 Å². The maximum absolute atomic E-state index is 13.4. The molecular formula is C13H11ClFNO. The van der Waals surface area contributed by atoms with Crippen molar-refractivity contribution in [1.29, 1.82) is 0 Å². The molecule has 88 valence electrons. The molecule has 1 heterocycles. The van der Waals surface area contributed by atoms with Crippen LogP contribution in [0.3, 0.4) is 0 Å². The van der Waals surface area contributed by atoms with Crippen molar-refractivity contribution in [3.05, 3.63) is 34.2 Å². The number of halogens is 2. The fraction of sp³-hybridized carbons (Fsp3) is 0.308. The van der Waals surface area contributed by atoms with Crippen LogP contribution in [0, 0.1) is 5.82 Å². The number of nitrogens with zero attached hydrogens (tertiary/aromatic N) is 1. The van der Waals surface area contributed by atoms with Gasteiger partial charge in [-0.1, -0.05) is 11.6 Å². The predicted octanol–water partition coefficient (Wildman–Crippen LogP) is 3.52. The molecule has 0 bridgehead atoms. The zero-order chi connectivity index (χ0) is 12.0. The smallest absolute Gasteiger partial charge is 0.148 e. The summed E-state index contributed by atoms with van der Waals surface area (Å²) in [5.41, 5.74) is 2.73. The number of hydrogen-bond acceptors (Lipinski definition) is 2. The van der Waals surface area contributed by atoms with Gasteiger partial charge in [-0.25, -0.2) is 9.37 Å². The number of pyridine rings is 1. The zero-order valence-electron chi connectivity index (χ0n) is 9.39. The third-order valence-corrected chi connectivity index (χ3v) is 3.63. The molecule has 0 unspecified atom stereocenters. The maximum atomic E-state index is 13.4. The summed E-state index contributed by atoms with van der Waals surface area (Å²) < 4.78 is 18.6. The number of methoxy groups -OCH3 is 1. The Balaban J connectivity index is 2.42. The highest BCUT2D eigenvalue weighted by atomic mass is 35.5. The van der Waals surface area contributed by atoms with E-state index in [1.165, 1.54) is 19.2 Å². The molecule has 2 nitrogen and oxygen atoms in total. The monoisotopic (exact) mass is 251 g/mol. The van der Waals surface area contributed by atoms with Gasteiger partial charge in [0.15, 0.2) is 0 Å². The second kappa shape index (κ2) is 3.84. The van der Waals surface area contributed by atoms with Crippen molar-refractivity contribution < 1.29 is 9.13 Å². The molecule has 1 aliphatic rings. The Morgan fingerprint density at radius 1 is 1.35 bits per heavy atom. The van der Waals surface area contributed by atoms with E-state index in [9.17, 15) is 4.39 Å². The van der Waals surface area contributed by atoms with Crippen molar-refractivity contribution in [2.24, 2.45) is 0 Å². The van der Waals surface area contributed by atoms with Crippen LogP contribution in [-0.2, 0) is 12.8 Å². The van der Waals surface area contributed by atoms with Crippen molar-refractivity contribution >= 4 is 22.5 Å². The van der Waals surface area contributed by atoms with E-state index in [0.29, 0.717) is 21.7 Å². The number of aryl methyl sites for hydroxylation is 1. The molecule has 0 aliphatic heterocycles. The largest absolute Gasteiger partial charge is 0.494 e. The summed E-state index contributed by atoms with van der Waals surface area (Å²) in [5, 5.41) is 1.27. The van der Waals surface area contributed by atoms with Crippen molar-refractivity contribution in [3.63, 3.8) is 0 Å². The van der Waals surface area contributed by atoms with Crippen LogP contribution in [0.1, 0.15) is 17.7 Å². The number of benzene rings is 1. The topological polar surface area (TPSA) is 22.1 Å². The molecule has 0 N–H and O–H groups in total. The van der Waals surface area contributed by atoms with Crippen molar-refractivity contribution in [2.45, 2.75) is 19.3 Å². The molecule has 1 aromatic heterocycles. The first-order valence-electron chi connectivity index (χ1n) is 5.55. The summed E-state index contributed by atoms with van der Waals surface area (Å²) in [6.45, 7) is 0. The number of rotatable bonds is 1. The van der Waals surface area contributed by atoms with Crippen LogP contribution < -0.4 is 4.74 Å². The summed E-state index contributed by atoms with van der Waals surface area (Å²) in [6.07, 6.45) is 2.92. The molecule has 0 radical (unpaired) electrons. The van der Waals surface area contributed by atoms with Crippen LogP contribution in [0.25, 0.3) is 10.9 Å². The van der Waals surface area contributed by atoms with Gasteiger partial charge in [-0.05, 0) is 30.9 Å². The van der Waals surface area contributed by atoms with Crippen molar-refractivity contribution in [1.82, 2.24) is 4.98 Å². The van der Waals surface area contributed by atoms with E-state index in [4.69, 9.17) is 16.3 Å². The van der Waals surface area contributed by atoms with E-state index >= 15 is 0 Å². The maximum Gasteiger partial charge on any atom is 0.148 e. The number of hydrogen-bond donors (Lipinski definition) is 0. The Morgan fingerprint density at radius 2 is 2.18 bits per heavy atom. The fourth-order valence-electron chi connectivity index (χ4n) is 2.40. The number of aromatic nitrogens is 1. The minimum Gasteiger partial charge on any atom is -0.494 e. The molecule has 0 spiro atoms. The minimum absolute atomic E-state index is 0.351. The molecule has 0 fully saturated rings. The second-order valence-corrected chi connectivity index (χ2v) is 4.59. The van der Waals surface area contributed by atoms with Crippen LogP contribution in [0.5, 0.6) is 5.75 Å². The van der Waals surface area contributed by atoms with Gasteiger partial charge in [0.1, 0.15) is 17.1 Å². The third-order valence-electron chi connectivity index (χ3n) is 3.20. The predicted molar refractivity (Wildman–Crippen MR) is 65.3 cm³/mol. The normalized spacial score (nSPS) is 14.1. The quantitative estimate of drug-likeness (QED) is 0.774. The summed E-state index contributed by atoms with van der Waals surface area (Å²) in [5.74, 6) is 0.0904. The van der Waals surface area contributed by atoms with Gasteiger partial charge in [-0.2, -0.15) is 0 Å². The lowest BCUT2D eigenvalue weighted by atomic mass is 10.1. The van der Waals surface area contributed by atoms with Gasteiger partial charge in [-0.3, -0.25) is 0 Å². The lowest BCUT2D eigenvalue weighted by Gasteiger charge is -2.10. The molecule has 1 aliphatic carbocycles. The second-order valence-electron chi connectivity index (χ2n) is 4.21. The Morgan fingerprint density at radius 3 is 2.94 bits per heavy atom. The minimum atomic E-state index is -0.351. The third kappa shape index (κ3) is 1.57. The van der Waals surface area contributed by atoms with Crippen LogP contribution in [0.4, 0.5) is 4.39 Å². The standard InChI is InChI=1S/C13H11ClFNO/c1-17-11-6-7(15)5-9-12(14)8-3-2-4-10(8)16-13(9)11/h5-6H,2-4H2,1H3. The summed E-state index contributed by atoms with van der Waals surface area (Å²) in [7, 11) is 1.51. The van der Waals surface area contributed by atoms with Gasteiger partial charge >= 0.3 is 0 Å². The van der Waals surface area contributed by atoms with E-state index in [1.807, 2.05) is 0 Å². The molecule has 1 aromatic carbocycles. The van der Waals surface area contributed by atoms with Crippen molar-refractivity contribution in [3.8, 4) is 5.75 Å². The molecule has 0 amide bonds. The van der Waals surface area contributed by atoms with E-state index < -0.39 is 0 Å². The van der Waals surface area contributed by atoms with E-state index in [0.717, 1.165) is 30.5 Å². The average Bonchev–Trinajstić information content (AvgIpc) is 2.78. The van der Waals surface area contributed by atoms with E-state index in [2.05, 4.69) is 4.98 Å². The van der Waals surface area contributed by atoms with Crippen LogP contribution in [0.2, 0.25) is 5.02 Å². The molecule has 2 aromatic rings. The number of ether oxygens (including phenoxy) is 1. The molecule has 3 rings (SSSR count). The van der Waals surface area contributed by atoms with Gasteiger partial charge in [-0.15, -0.1) is 0 Å². The Hall–Kier alpha value is -1.35. The Labute approximate surface area is 103 Å². The molecular weight excluding hydrogens is 241 g/mol. The molecule has 17 heavy (non-hydrogen) atoms. The fourth-order valence-corrected chi connectivity index (χ4v) is 2.75. The van der Waals surface area contributed by atoms with Crippen LogP contribution in [-0.4, -0.2) is 12.1 Å². The first kappa shape index (κ1) is 10.8. The van der Waals surface area contributed by atoms with Gasteiger partial charge < -0.3 is 4.74 Å². The molecule has 0 atom stereocenters. The van der Waals surface area contributed by atoms with Gasteiger partial charge in [0.05, 0.1) is 12.1 Å². The van der Waals surface area contributed by atoms with Gasteiger partial charge in [0.25, 0.3) is 0 Å². The first-order chi connectivity index (χ1) is 8.20. The average molecular weight is 252 g/mol. The lowest BCUT2D eigenvalue weighted by molar-refractivity contribution is 0.415. The zero-order valence-corrected chi connectivity index (χ0v) is 10.1. The van der Waals surface area contributed by atoms with Crippen LogP contribution in [0.15, 0.2) is 12.1 Å². The summed E-state index contributed by atoms with van der Waals surface area (Å²) in [6, 6.07) is 2.76. The Kier molecular flexibility index (Phi) is 2.44. The molecule has 4 heteroatoms. The van der Waals surface area contributed by atoms with E-state index in [1.54, 1.807) is 0 Å². The highest BCUT2D eigenvalue weighted by Gasteiger charge is 2.20. The highest BCUT2D eigenvalue weighted by Crippen LogP contribution is 2.37. The van der Waals surface area contributed by atoms with Gasteiger partial charge in [0, 0.05) is 17.1 Å². The Bertz CT molecular complexity index is 612. The molecule has 0 saturated heterocycles. The lowest BCUT2D eigenvalue weighted by Crippen LogP contribution is -1.96. The first-order valence-corrected chi connectivity index (χ1v) is 5.93. The SMILES string of the molecule is COc1cc(F)cc2c(Cl)c3c(nc12)CCC3. The number of fused-ring (bicyclic) bond motifs is 2. The van der Waals surface area contributed by atoms with Gasteiger partial charge in [0.2, 0.25) is 0 Å². The van der Waals surface area contributed by atoms with Crippen molar-refractivity contribution in [2.75, 3.05) is 7.11 Å². The highest BCUT2D eigenvalue weighted by molar-refractivity contribution is 6.36. The van der Waals surface area contributed by atoms with E-state index in [-0.39, 0.29) is 5.82 Å².